The third-order valence-corrected chi connectivity index (χ3v) is 5.95. The van der Waals surface area contributed by atoms with Crippen LogP contribution < -0.4 is 5.32 Å². The number of rotatable bonds is 7. The Labute approximate surface area is 170 Å². The van der Waals surface area contributed by atoms with Crippen LogP contribution in [0.2, 0.25) is 5.02 Å². The van der Waals surface area contributed by atoms with E-state index in [0.717, 1.165) is 5.69 Å². The monoisotopic (exact) mass is 419 g/mol. The number of ketones is 1. The highest BCUT2D eigenvalue weighted by molar-refractivity contribution is 8.04. The summed E-state index contributed by atoms with van der Waals surface area (Å²) >= 11 is 7.49. The van der Waals surface area contributed by atoms with Crippen LogP contribution in [0.5, 0.6) is 0 Å². The fourth-order valence-electron chi connectivity index (χ4n) is 2.81. The number of aromatic amines is 1. The van der Waals surface area contributed by atoms with Gasteiger partial charge in [0.05, 0.1) is 23.0 Å². The number of carbonyl (C=O) groups is 2. The Balaban J connectivity index is 1.45. The van der Waals surface area contributed by atoms with Crippen LogP contribution >= 0.6 is 23.4 Å². The molecule has 2 N–H and O–H groups in total. The van der Waals surface area contributed by atoms with Crippen LogP contribution in [0.15, 0.2) is 23.2 Å². The minimum absolute atomic E-state index is 0.164. The lowest BCUT2D eigenvalue weighted by atomic mass is 10.2. The Bertz CT molecular complexity index is 956. The number of allylic oxidation sites excluding steroid dienone is 1. The fourth-order valence-corrected chi connectivity index (χ4v) is 4.05. The molecular weight excluding hydrogens is 402 g/mol. The first kappa shape index (κ1) is 18.9. The number of carbonyl (C=O) groups excluding carboxylic acids is 2. The normalized spacial score (nSPS) is 18.6. The van der Waals surface area contributed by atoms with E-state index in [9.17, 15) is 9.59 Å². The summed E-state index contributed by atoms with van der Waals surface area (Å²) in [6.07, 6.45) is 6.14. The third-order valence-electron chi connectivity index (χ3n) is 4.38. The van der Waals surface area contributed by atoms with Crippen molar-refractivity contribution in [2.24, 2.45) is 0 Å². The SMILES string of the molecule is CCOC(=O)C(=O)C1=CCC(c2ncc(Cl)c(Nc3cc(C4CC4)[nH]n3)n2)S1. The molecule has 28 heavy (non-hydrogen) atoms. The molecule has 0 amide bonds. The molecule has 1 atom stereocenters. The summed E-state index contributed by atoms with van der Waals surface area (Å²) in [7, 11) is 0. The number of nitrogens with one attached hydrogen (secondary N) is 2. The topological polar surface area (TPSA) is 110 Å². The molecular formula is C18H18ClN5O3S. The summed E-state index contributed by atoms with van der Waals surface area (Å²) in [6, 6.07) is 1.96. The fraction of sp³-hybridized carbons (Fsp3) is 0.389. The Morgan fingerprint density at radius 2 is 2.25 bits per heavy atom. The lowest BCUT2D eigenvalue weighted by Gasteiger charge is -2.11. The van der Waals surface area contributed by atoms with E-state index >= 15 is 0 Å². The molecule has 1 unspecified atom stereocenters. The summed E-state index contributed by atoms with van der Waals surface area (Å²) in [5, 5.41) is 10.6. The molecule has 2 aromatic rings. The van der Waals surface area contributed by atoms with Gasteiger partial charge < -0.3 is 10.1 Å². The number of halogens is 1. The van der Waals surface area contributed by atoms with E-state index in [1.165, 1.54) is 30.8 Å². The second-order valence-corrected chi connectivity index (χ2v) is 8.14. The zero-order valence-electron chi connectivity index (χ0n) is 15.1. The maximum atomic E-state index is 12.1. The number of H-pyrrole nitrogens is 1. The number of hydrogen-bond acceptors (Lipinski definition) is 8. The smallest absolute Gasteiger partial charge is 0.380 e. The largest absolute Gasteiger partial charge is 0.460 e. The van der Waals surface area contributed by atoms with E-state index in [1.54, 1.807) is 13.0 Å². The third kappa shape index (κ3) is 4.05. The van der Waals surface area contributed by atoms with Crippen molar-refractivity contribution >= 4 is 46.8 Å². The van der Waals surface area contributed by atoms with E-state index in [-0.39, 0.29) is 11.9 Å². The molecule has 1 saturated carbocycles. The maximum Gasteiger partial charge on any atom is 0.380 e. The van der Waals surface area contributed by atoms with Gasteiger partial charge in [-0.05, 0) is 26.2 Å². The molecule has 2 aliphatic rings. The summed E-state index contributed by atoms with van der Waals surface area (Å²) in [5.41, 5.74) is 1.10. The molecule has 10 heteroatoms. The van der Waals surface area contributed by atoms with Gasteiger partial charge in [0, 0.05) is 17.7 Å². The lowest BCUT2D eigenvalue weighted by Crippen LogP contribution is -2.17. The lowest BCUT2D eigenvalue weighted by molar-refractivity contribution is -0.151. The molecule has 1 aliphatic carbocycles. The van der Waals surface area contributed by atoms with Crippen molar-refractivity contribution in [3.8, 4) is 0 Å². The molecule has 8 nitrogen and oxygen atoms in total. The Morgan fingerprint density at radius 1 is 1.43 bits per heavy atom. The van der Waals surface area contributed by atoms with Gasteiger partial charge in [-0.15, -0.1) is 11.8 Å². The molecule has 3 heterocycles. The predicted octanol–water partition coefficient (Wildman–Crippen LogP) is 3.67. The highest BCUT2D eigenvalue weighted by Gasteiger charge is 2.30. The van der Waals surface area contributed by atoms with E-state index < -0.39 is 11.8 Å². The van der Waals surface area contributed by atoms with Gasteiger partial charge in [0.1, 0.15) is 10.8 Å². The van der Waals surface area contributed by atoms with Crippen LogP contribution in [0.4, 0.5) is 11.6 Å². The van der Waals surface area contributed by atoms with Crippen LogP contribution in [0.3, 0.4) is 0 Å². The van der Waals surface area contributed by atoms with Crippen molar-refractivity contribution in [1.29, 1.82) is 0 Å². The number of thioether (sulfide) groups is 1. The second-order valence-electron chi connectivity index (χ2n) is 6.49. The zero-order chi connectivity index (χ0) is 19.7. The summed E-state index contributed by atoms with van der Waals surface area (Å²) in [4.78, 5) is 32.9. The Morgan fingerprint density at radius 3 is 3.00 bits per heavy atom. The molecule has 0 aromatic carbocycles. The van der Waals surface area contributed by atoms with Gasteiger partial charge >= 0.3 is 5.97 Å². The van der Waals surface area contributed by atoms with Crippen molar-refractivity contribution in [3.63, 3.8) is 0 Å². The van der Waals surface area contributed by atoms with E-state index in [2.05, 4.69) is 25.5 Å². The van der Waals surface area contributed by atoms with Crippen LogP contribution in [0, 0.1) is 0 Å². The summed E-state index contributed by atoms with van der Waals surface area (Å²) in [6.45, 7) is 1.82. The molecule has 1 fully saturated rings. The molecule has 146 valence electrons. The number of Topliss-reactive ketones (excluding diaryl/α,β-unsaturated/α-hetero) is 1. The number of ether oxygens (including phenoxy) is 1. The zero-order valence-corrected chi connectivity index (χ0v) is 16.6. The van der Waals surface area contributed by atoms with Gasteiger partial charge in [-0.2, -0.15) is 5.10 Å². The van der Waals surface area contributed by atoms with Gasteiger partial charge in [0.2, 0.25) is 0 Å². The van der Waals surface area contributed by atoms with Gasteiger partial charge in [-0.1, -0.05) is 17.7 Å². The molecule has 2 aromatic heterocycles. The number of hydrogen-bond donors (Lipinski definition) is 2. The highest BCUT2D eigenvalue weighted by Crippen LogP contribution is 2.43. The van der Waals surface area contributed by atoms with E-state index in [1.807, 2.05) is 6.07 Å². The number of anilines is 2. The average Bonchev–Trinajstić information content (AvgIpc) is 3.23. The van der Waals surface area contributed by atoms with Gasteiger partial charge in [-0.25, -0.2) is 14.8 Å². The predicted molar refractivity (Wildman–Crippen MR) is 106 cm³/mol. The first-order valence-corrected chi connectivity index (χ1v) is 10.2. The summed E-state index contributed by atoms with van der Waals surface area (Å²) in [5.74, 6) is 0.709. The van der Waals surface area contributed by atoms with Crippen LogP contribution in [0.25, 0.3) is 0 Å². The number of esters is 1. The van der Waals surface area contributed by atoms with Crippen molar-refractivity contribution in [2.45, 2.75) is 37.4 Å². The van der Waals surface area contributed by atoms with Crippen molar-refractivity contribution in [2.75, 3.05) is 11.9 Å². The van der Waals surface area contributed by atoms with Crippen LogP contribution in [0.1, 0.15) is 48.9 Å². The standard InChI is InChI=1S/C18H18ClN5O3S/c1-2-27-18(26)15(25)12-5-6-13(28-12)17-20-8-10(19)16(22-17)21-14-7-11(23-24-14)9-3-4-9/h5,7-9,13H,2-4,6H2,1H3,(H2,20,21,22,23,24). The van der Waals surface area contributed by atoms with Crippen molar-refractivity contribution < 1.29 is 14.3 Å². The van der Waals surface area contributed by atoms with Gasteiger partial charge in [-0.3, -0.25) is 9.89 Å². The maximum absolute atomic E-state index is 12.1. The van der Waals surface area contributed by atoms with Gasteiger partial charge in [0.25, 0.3) is 5.78 Å². The molecule has 0 radical (unpaired) electrons. The molecule has 0 bridgehead atoms. The quantitative estimate of drug-likeness (QED) is 0.516. The minimum atomic E-state index is -0.841. The number of nitrogens with zero attached hydrogens (tertiary/aromatic N) is 3. The second kappa shape index (κ2) is 7.92. The average molecular weight is 420 g/mol. The van der Waals surface area contributed by atoms with E-state index in [4.69, 9.17) is 16.3 Å². The minimum Gasteiger partial charge on any atom is -0.460 e. The highest BCUT2D eigenvalue weighted by atomic mass is 35.5. The molecule has 0 saturated heterocycles. The first-order chi connectivity index (χ1) is 13.5. The van der Waals surface area contributed by atoms with Gasteiger partial charge in [0.15, 0.2) is 11.6 Å². The number of aromatic nitrogens is 4. The van der Waals surface area contributed by atoms with Crippen LogP contribution in [-0.2, 0) is 14.3 Å². The van der Waals surface area contributed by atoms with Crippen molar-refractivity contribution in [1.82, 2.24) is 20.2 Å². The molecule has 1 aliphatic heterocycles. The van der Waals surface area contributed by atoms with Crippen LogP contribution in [-0.4, -0.2) is 38.5 Å². The Kier molecular flexibility index (Phi) is 5.36. The molecule has 0 spiro atoms. The Hall–Kier alpha value is -2.39. The van der Waals surface area contributed by atoms with Crippen molar-refractivity contribution in [3.05, 3.63) is 39.8 Å². The molecule has 4 rings (SSSR count). The summed E-state index contributed by atoms with van der Waals surface area (Å²) < 4.78 is 4.77. The van der Waals surface area contributed by atoms with E-state index in [0.29, 0.717) is 39.7 Å². The first-order valence-electron chi connectivity index (χ1n) is 8.98.